The Bertz CT molecular complexity index is 525. The molecule has 2 amide bonds. The number of nitrogens with zero attached hydrogens (tertiary/aromatic N) is 2. The highest BCUT2D eigenvalue weighted by molar-refractivity contribution is 5.87. The first-order valence-electron chi connectivity index (χ1n) is 8.85. The van der Waals surface area contributed by atoms with Crippen LogP contribution in [0.15, 0.2) is 24.5 Å². The molecule has 6 nitrogen and oxygen atoms in total. The number of carbonyl (C=O) groups is 2. The molecule has 0 aromatic rings. The van der Waals surface area contributed by atoms with Crippen molar-refractivity contribution in [3.05, 3.63) is 24.5 Å². The SMILES string of the molecule is C=C(OC(C)(C)C)[C@H](CC/C=C/C(=O)N(C)C)N(C)C(=O)OC(C)(C)C. The van der Waals surface area contributed by atoms with E-state index in [1.165, 1.54) is 15.9 Å². The van der Waals surface area contributed by atoms with Crippen molar-refractivity contribution < 1.29 is 19.1 Å². The molecule has 0 rings (SSSR count). The van der Waals surface area contributed by atoms with Crippen molar-refractivity contribution in [3.63, 3.8) is 0 Å². The molecule has 0 fully saturated rings. The van der Waals surface area contributed by atoms with E-state index in [9.17, 15) is 9.59 Å². The van der Waals surface area contributed by atoms with Crippen LogP contribution in [0.1, 0.15) is 54.4 Å². The van der Waals surface area contributed by atoms with Gasteiger partial charge in [-0.15, -0.1) is 0 Å². The fraction of sp³-hybridized carbons (Fsp3) is 0.700. The van der Waals surface area contributed by atoms with Crippen LogP contribution >= 0.6 is 0 Å². The van der Waals surface area contributed by atoms with Crippen LogP contribution in [0.2, 0.25) is 0 Å². The van der Waals surface area contributed by atoms with Crippen LogP contribution in [-0.4, -0.2) is 60.2 Å². The molecule has 26 heavy (non-hydrogen) atoms. The molecule has 0 heterocycles. The number of likely N-dealkylation sites (N-methyl/N-ethyl adjacent to an activating group) is 2. The summed E-state index contributed by atoms with van der Waals surface area (Å²) in [6, 6.07) is -0.358. The zero-order valence-electron chi connectivity index (χ0n) is 17.9. The third kappa shape index (κ3) is 10.1. The molecule has 0 saturated carbocycles. The summed E-state index contributed by atoms with van der Waals surface area (Å²) in [7, 11) is 5.07. The van der Waals surface area contributed by atoms with Crippen LogP contribution in [0, 0.1) is 0 Å². The predicted octanol–water partition coefficient (Wildman–Crippen LogP) is 3.98. The van der Waals surface area contributed by atoms with E-state index in [2.05, 4.69) is 6.58 Å². The summed E-state index contributed by atoms with van der Waals surface area (Å²) in [6.07, 6.45) is 4.06. The first-order chi connectivity index (χ1) is 11.6. The van der Waals surface area contributed by atoms with Gasteiger partial charge in [0.25, 0.3) is 0 Å². The van der Waals surface area contributed by atoms with Crippen LogP contribution in [0.4, 0.5) is 4.79 Å². The second kappa shape index (κ2) is 9.64. The highest BCUT2D eigenvalue weighted by atomic mass is 16.6. The van der Waals surface area contributed by atoms with Crippen molar-refractivity contribution >= 4 is 12.0 Å². The maximum absolute atomic E-state index is 12.4. The van der Waals surface area contributed by atoms with E-state index in [0.717, 1.165) is 0 Å². The summed E-state index contributed by atoms with van der Waals surface area (Å²) < 4.78 is 11.3. The van der Waals surface area contributed by atoms with E-state index in [1.807, 2.05) is 41.5 Å². The fourth-order valence-corrected chi connectivity index (χ4v) is 2.08. The minimum absolute atomic E-state index is 0.0770. The Kier molecular flexibility index (Phi) is 8.91. The minimum Gasteiger partial charge on any atom is -0.491 e. The topological polar surface area (TPSA) is 59.1 Å². The summed E-state index contributed by atoms with van der Waals surface area (Å²) in [4.78, 5) is 27.1. The Hall–Kier alpha value is -1.98. The summed E-state index contributed by atoms with van der Waals surface area (Å²) in [5.74, 6) is 0.421. The van der Waals surface area contributed by atoms with E-state index in [4.69, 9.17) is 9.47 Å². The molecule has 0 radical (unpaired) electrons. The van der Waals surface area contributed by atoms with Gasteiger partial charge in [-0.05, 0) is 60.5 Å². The molecule has 1 atom stereocenters. The molecule has 0 aliphatic carbocycles. The zero-order chi connectivity index (χ0) is 20.7. The molecule has 0 spiro atoms. The second-order valence-corrected chi connectivity index (χ2v) is 8.50. The van der Waals surface area contributed by atoms with E-state index >= 15 is 0 Å². The first-order valence-corrected chi connectivity index (χ1v) is 8.85. The maximum atomic E-state index is 12.4. The van der Waals surface area contributed by atoms with Gasteiger partial charge in [0.1, 0.15) is 17.0 Å². The second-order valence-electron chi connectivity index (χ2n) is 8.50. The van der Waals surface area contributed by atoms with Crippen LogP contribution in [-0.2, 0) is 14.3 Å². The van der Waals surface area contributed by atoms with Crippen LogP contribution in [0.25, 0.3) is 0 Å². The average Bonchev–Trinajstić information content (AvgIpc) is 2.42. The molecule has 0 unspecified atom stereocenters. The third-order valence-electron chi connectivity index (χ3n) is 3.27. The first kappa shape index (κ1) is 24.0. The third-order valence-corrected chi connectivity index (χ3v) is 3.27. The van der Waals surface area contributed by atoms with Gasteiger partial charge in [0.15, 0.2) is 0 Å². The van der Waals surface area contributed by atoms with E-state index in [1.54, 1.807) is 27.2 Å². The van der Waals surface area contributed by atoms with Gasteiger partial charge in [0, 0.05) is 21.1 Å². The van der Waals surface area contributed by atoms with Crippen LogP contribution in [0.3, 0.4) is 0 Å². The number of hydrogen-bond acceptors (Lipinski definition) is 4. The Labute approximate surface area is 158 Å². The molecule has 0 bridgehead atoms. The number of carbonyl (C=O) groups excluding carboxylic acids is 2. The Morgan fingerprint density at radius 2 is 1.50 bits per heavy atom. The molecular formula is C20H36N2O4. The largest absolute Gasteiger partial charge is 0.491 e. The summed E-state index contributed by atoms with van der Waals surface area (Å²) in [5.41, 5.74) is -0.999. The molecule has 0 aromatic heterocycles. The normalized spacial score (nSPS) is 13.3. The average molecular weight is 369 g/mol. The van der Waals surface area contributed by atoms with Gasteiger partial charge in [-0.2, -0.15) is 0 Å². The van der Waals surface area contributed by atoms with Gasteiger partial charge in [-0.1, -0.05) is 12.7 Å². The lowest BCUT2D eigenvalue weighted by molar-refractivity contribution is -0.123. The highest BCUT2D eigenvalue weighted by Crippen LogP contribution is 2.23. The Morgan fingerprint density at radius 1 is 1.00 bits per heavy atom. The van der Waals surface area contributed by atoms with Gasteiger partial charge in [-0.25, -0.2) is 4.79 Å². The molecule has 150 valence electrons. The van der Waals surface area contributed by atoms with Crippen molar-refractivity contribution in [1.29, 1.82) is 0 Å². The molecule has 0 aromatic carbocycles. The summed E-state index contributed by atoms with van der Waals surface area (Å²) in [6.45, 7) is 15.3. The van der Waals surface area contributed by atoms with E-state index in [0.29, 0.717) is 18.6 Å². The lowest BCUT2D eigenvalue weighted by atomic mass is 10.1. The quantitative estimate of drug-likeness (QED) is 0.504. The Morgan fingerprint density at radius 3 is 1.92 bits per heavy atom. The van der Waals surface area contributed by atoms with Crippen molar-refractivity contribution in [1.82, 2.24) is 9.80 Å². The zero-order valence-corrected chi connectivity index (χ0v) is 17.9. The van der Waals surface area contributed by atoms with Gasteiger partial charge in [0.2, 0.25) is 5.91 Å². The van der Waals surface area contributed by atoms with Crippen molar-refractivity contribution in [2.75, 3.05) is 21.1 Å². The van der Waals surface area contributed by atoms with Crippen molar-refractivity contribution in [3.8, 4) is 0 Å². The number of allylic oxidation sites excluding steroid dienone is 1. The van der Waals surface area contributed by atoms with E-state index in [-0.39, 0.29) is 11.9 Å². The molecule has 0 saturated heterocycles. The lowest BCUT2D eigenvalue weighted by Gasteiger charge is -2.34. The van der Waals surface area contributed by atoms with Gasteiger partial charge >= 0.3 is 6.09 Å². The lowest BCUT2D eigenvalue weighted by Crippen LogP contribution is -2.43. The Balaban J connectivity index is 5.14. The predicted molar refractivity (Wildman–Crippen MR) is 105 cm³/mol. The summed E-state index contributed by atoms with van der Waals surface area (Å²) in [5, 5.41) is 0. The van der Waals surface area contributed by atoms with Crippen LogP contribution < -0.4 is 0 Å². The van der Waals surface area contributed by atoms with Gasteiger partial charge in [0.05, 0.1) is 6.04 Å². The van der Waals surface area contributed by atoms with E-state index < -0.39 is 17.3 Å². The minimum atomic E-state index is -0.583. The van der Waals surface area contributed by atoms with Crippen molar-refractivity contribution in [2.45, 2.75) is 71.6 Å². The smallest absolute Gasteiger partial charge is 0.410 e. The highest BCUT2D eigenvalue weighted by Gasteiger charge is 2.29. The molecule has 0 aliphatic heterocycles. The monoisotopic (exact) mass is 368 g/mol. The molecular weight excluding hydrogens is 332 g/mol. The van der Waals surface area contributed by atoms with Crippen molar-refractivity contribution in [2.24, 2.45) is 0 Å². The van der Waals surface area contributed by atoms with Gasteiger partial charge in [-0.3, -0.25) is 4.79 Å². The fourth-order valence-electron chi connectivity index (χ4n) is 2.08. The molecule has 6 heteroatoms. The number of ether oxygens (including phenoxy) is 2. The molecule has 0 aliphatic rings. The van der Waals surface area contributed by atoms with Crippen LogP contribution in [0.5, 0.6) is 0 Å². The standard InChI is InChI=1S/C20H36N2O4/c1-15(25-19(2,3)4)16(13-11-12-14-17(23)21(8)9)22(10)18(24)26-20(5,6)7/h12,14,16H,1,11,13H2,2-10H3/b14-12+/t16-/m0/s1. The molecule has 0 N–H and O–H groups in total. The summed E-state index contributed by atoms with van der Waals surface area (Å²) >= 11 is 0. The van der Waals surface area contributed by atoms with Gasteiger partial charge < -0.3 is 19.3 Å². The number of hydrogen-bond donors (Lipinski definition) is 0. The number of rotatable bonds is 7. The number of amides is 2. The maximum Gasteiger partial charge on any atom is 0.410 e.